The molecule has 2 aromatic heterocycles. The molecule has 2 aromatic rings. The van der Waals surface area contributed by atoms with Crippen molar-refractivity contribution >= 4 is 17.2 Å². The fraction of sp³-hybridized carbons (Fsp3) is 0.400. The quantitative estimate of drug-likeness (QED) is 0.792. The van der Waals surface area contributed by atoms with Crippen molar-refractivity contribution in [1.82, 2.24) is 9.55 Å². The number of hydrogen-bond acceptors (Lipinski definition) is 3. The van der Waals surface area contributed by atoms with Crippen molar-refractivity contribution in [2.75, 3.05) is 0 Å². The van der Waals surface area contributed by atoms with Gasteiger partial charge < -0.3 is 0 Å². The lowest BCUT2D eigenvalue weighted by Crippen LogP contribution is -2.23. The molecule has 0 unspecified atom stereocenters. The van der Waals surface area contributed by atoms with Crippen LogP contribution in [0, 0.1) is 12.3 Å². The number of nitrogens with zero attached hydrogens (tertiary/aromatic N) is 3. The van der Waals surface area contributed by atoms with Gasteiger partial charge in [-0.25, -0.2) is 4.98 Å². The third kappa shape index (κ3) is 4.07. The first-order chi connectivity index (χ1) is 10.5. The lowest BCUT2D eigenvalue weighted by molar-refractivity contribution is -0.137. The van der Waals surface area contributed by atoms with Gasteiger partial charge in [-0.2, -0.15) is 18.2 Å². The molecule has 0 radical (unpaired) electrons. The van der Waals surface area contributed by atoms with Crippen LogP contribution in [0.5, 0.6) is 0 Å². The van der Waals surface area contributed by atoms with Crippen molar-refractivity contribution < 1.29 is 18.0 Å². The molecule has 2 rings (SSSR count). The first-order valence-corrected chi connectivity index (χ1v) is 7.62. The largest absolute Gasteiger partial charge is 0.417 e. The zero-order valence-corrected chi connectivity index (χ0v) is 13.9. The third-order valence-corrected chi connectivity index (χ3v) is 3.83. The van der Waals surface area contributed by atoms with Gasteiger partial charge in [0.1, 0.15) is 5.82 Å². The Hall–Kier alpha value is -1.96. The van der Waals surface area contributed by atoms with Crippen LogP contribution < -0.4 is 4.80 Å². The van der Waals surface area contributed by atoms with Crippen molar-refractivity contribution in [2.45, 2.75) is 33.9 Å². The molecule has 4 nitrogen and oxygen atoms in total. The number of aryl methyl sites for hydroxylation is 1. The second-order valence-electron chi connectivity index (χ2n) is 6.06. The van der Waals surface area contributed by atoms with E-state index < -0.39 is 17.2 Å². The molecule has 23 heavy (non-hydrogen) atoms. The van der Waals surface area contributed by atoms with Gasteiger partial charge in [0, 0.05) is 22.7 Å². The maximum Gasteiger partial charge on any atom is 0.417 e. The second-order valence-corrected chi connectivity index (χ2v) is 7.28. The molecule has 0 aliphatic rings. The predicted molar refractivity (Wildman–Crippen MR) is 81.2 cm³/mol. The normalized spacial score (nSPS) is 13.4. The van der Waals surface area contributed by atoms with E-state index in [0.29, 0.717) is 4.80 Å². The van der Waals surface area contributed by atoms with E-state index in [0.717, 1.165) is 17.1 Å². The molecule has 0 aliphatic heterocycles. The average molecular weight is 343 g/mol. The molecule has 8 heteroatoms. The topological polar surface area (TPSA) is 47.2 Å². The lowest BCUT2D eigenvalue weighted by Gasteiger charge is -2.12. The van der Waals surface area contributed by atoms with E-state index in [1.807, 2.05) is 6.92 Å². The minimum atomic E-state index is -4.43. The monoisotopic (exact) mass is 343 g/mol. The van der Waals surface area contributed by atoms with Crippen molar-refractivity contribution in [3.05, 3.63) is 39.8 Å². The molecule has 0 spiro atoms. The SMILES string of the molecule is Cc1cn(-c2ccc(C(F)(F)F)cn2)/c(=N/C(=O)C(C)(C)C)s1. The number of rotatable bonds is 1. The van der Waals surface area contributed by atoms with Gasteiger partial charge >= 0.3 is 6.18 Å². The number of thiazole rings is 1. The highest BCUT2D eigenvalue weighted by molar-refractivity contribution is 7.09. The van der Waals surface area contributed by atoms with E-state index in [1.54, 1.807) is 27.0 Å². The summed E-state index contributed by atoms with van der Waals surface area (Å²) in [5.74, 6) is -0.0252. The molecular formula is C15H16F3N3OS. The Bertz CT molecular complexity index is 780. The molecule has 2 heterocycles. The standard InChI is InChI=1S/C15H16F3N3OS/c1-9-8-21(13(23-9)20-12(22)14(2,3)4)11-6-5-10(7-19-11)15(16,17)18/h5-8H,1-4H3/b20-13-. The zero-order chi connectivity index (χ0) is 17.4. The van der Waals surface area contributed by atoms with E-state index in [4.69, 9.17) is 0 Å². The smallest absolute Gasteiger partial charge is 0.276 e. The molecule has 0 saturated heterocycles. The summed E-state index contributed by atoms with van der Waals surface area (Å²) in [4.78, 5) is 21.2. The van der Waals surface area contributed by atoms with Crippen molar-refractivity contribution in [3.8, 4) is 5.82 Å². The second kappa shape index (κ2) is 5.92. The zero-order valence-electron chi connectivity index (χ0n) is 13.1. The predicted octanol–water partition coefficient (Wildman–Crippen LogP) is 3.73. The minimum absolute atomic E-state index is 0.280. The fourth-order valence-electron chi connectivity index (χ4n) is 1.65. The van der Waals surface area contributed by atoms with E-state index in [9.17, 15) is 18.0 Å². The van der Waals surface area contributed by atoms with Crippen LogP contribution in [-0.2, 0) is 11.0 Å². The summed E-state index contributed by atoms with van der Waals surface area (Å²) in [7, 11) is 0. The summed E-state index contributed by atoms with van der Waals surface area (Å²) in [5, 5.41) is 0. The van der Waals surface area contributed by atoms with Gasteiger partial charge in [0.15, 0.2) is 4.80 Å². The lowest BCUT2D eigenvalue weighted by atomic mass is 9.96. The minimum Gasteiger partial charge on any atom is -0.276 e. The van der Waals surface area contributed by atoms with Crippen molar-refractivity contribution in [1.29, 1.82) is 0 Å². The molecule has 0 atom stereocenters. The Balaban J connectivity index is 2.49. The van der Waals surface area contributed by atoms with Crippen molar-refractivity contribution in [2.24, 2.45) is 10.4 Å². The van der Waals surface area contributed by atoms with E-state index in [2.05, 4.69) is 9.98 Å². The van der Waals surface area contributed by atoms with Gasteiger partial charge in [0.2, 0.25) is 0 Å². The summed E-state index contributed by atoms with van der Waals surface area (Å²) in [5.41, 5.74) is -1.46. The number of hydrogen-bond donors (Lipinski definition) is 0. The van der Waals surface area contributed by atoms with Crippen LogP contribution in [0.2, 0.25) is 0 Å². The molecule has 124 valence electrons. The van der Waals surface area contributed by atoms with Crippen LogP contribution in [0.3, 0.4) is 0 Å². The van der Waals surface area contributed by atoms with Gasteiger partial charge in [-0.1, -0.05) is 20.8 Å². The Kier molecular flexibility index (Phi) is 4.48. The van der Waals surface area contributed by atoms with Crippen LogP contribution >= 0.6 is 11.3 Å². The first-order valence-electron chi connectivity index (χ1n) is 6.80. The number of amides is 1. The van der Waals surface area contributed by atoms with Gasteiger partial charge in [-0.3, -0.25) is 9.36 Å². The van der Waals surface area contributed by atoms with Crippen molar-refractivity contribution in [3.63, 3.8) is 0 Å². The van der Waals surface area contributed by atoms with Crippen LogP contribution in [0.25, 0.3) is 5.82 Å². The maximum atomic E-state index is 12.6. The summed E-state index contributed by atoms with van der Waals surface area (Å²) >= 11 is 1.28. The summed E-state index contributed by atoms with van der Waals surface area (Å²) in [6.07, 6.45) is -1.98. The summed E-state index contributed by atoms with van der Waals surface area (Å²) < 4.78 is 39.3. The molecular weight excluding hydrogens is 327 g/mol. The molecule has 0 bridgehead atoms. The van der Waals surface area contributed by atoms with Crippen LogP contribution in [0.1, 0.15) is 31.2 Å². The Morgan fingerprint density at radius 1 is 1.26 bits per heavy atom. The van der Waals surface area contributed by atoms with Crippen LogP contribution in [-0.4, -0.2) is 15.5 Å². The molecule has 1 amide bonds. The molecule has 0 saturated carbocycles. The molecule has 0 fully saturated rings. The Morgan fingerprint density at radius 2 is 1.91 bits per heavy atom. The number of halogens is 3. The van der Waals surface area contributed by atoms with E-state index >= 15 is 0 Å². The van der Waals surface area contributed by atoms with Gasteiger partial charge in [0.25, 0.3) is 5.91 Å². The van der Waals surface area contributed by atoms with E-state index in [-0.39, 0.29) is 11.7 Å². The number of aromatic nitrogens is 2. The molecule has 0 aliphatic carbocycles. The van der Waals surface area contributed by atoms with Gasteiger partial charge in [0.05, 0.1) is 5.56 Å². The number of carbonyl (C=O) groups excluding carboxylic acids is 1. The van der Waals surface area contributed by atoms with Gasteiger partial charge in [-0.05, 0) is 19.1 Å². The number of carbonyl (C=O) groups is 1. The molecule has 0 N–H and O–H groups in total. The molecule has 0 aromatic carbocycles. The Labute approximate surface area is 135 Å². The summed E-state index contributed by atoms with van der Waals surface area (Å²) in [6, 6.07) is 2.22. The number of pyridine rings is 1. The number of alkyl halides is 3. The van der Waals surface area contributed by atoms with Crippen LogP contribution in [0.4, 0.5) is 13.2 Å². The average Bonchev–Trinajstić information content (AvgIpc) is 2.77. The van der Waals surface area contributed by atoms with Crippen LogP contribution in [0.15, 0.2) is 29.5 Å². The summed E-state index contributed by atoms with van der Waals surface area (Å²) in [6.45, 7) is 7.08. The maximum absolute atomic E-state index is 12.6. The first kappa shape index (κ1) is 17.4. The fourth-order valence-corrected chi connectivity index (χ4v) is 2.47. The third-order valence-electron chi connectivity index (χ3n) is 2.93. The Morgan fingerprint density at radius 3 is 2.39 bits per heavy atom. The highest BCUT2D eigenvalue weighted by atomic mass is 32.1. The van der Waals surface area contributed by atoms with E-state index in [1.165, 1.54) is 22.0 Å². The highest BCUT2D eigenvalue weighted by Gasteiger charge is 2.30. The van der Waals surface area contributed by atoms with Gasteiger partial charge in [-0.15, -0.1) is 11.3 Å². The highest BCUT2D eigenvalue weighted by Crippen LogP contribution is 2.28.